The molecule has 0 aliphatic carbocycles. The molecular weight excluding hydrogens is 520 g/mol. The molecular formula is C32H28N4O3S. The third kappa shape index (κ3) is 6.24. The molecule has 0 saturated heterocycles. The number of thiazole rings is 1. The number of nitro groups is 1. The van der Waals surface area contributed by atoms with E-state index in [1.54, 1.807) is 12.1 Å². The fraction of sp³-hybridized carbons (Fsp3) is 0.125. The van der Waals surface area contributed by atoms with Gasteiger partial charge in [0.2, 0.25) is 5.13 Å². The van der Waals surface area contributed by atoms with E-state index in [1.807, 2.05) is 61.5 Å². The number of nitro benzene ring substituents is 1. The number of nitrogens with one attached hydrogen (secondary N) is 1. The topological polar surface area (TPSA) is 89.7 Å². The van der Waals surface area contributed by atoms with Crippen LogP contribution in [0.1, 0.15) is 29.2 Å². The summed E-state index contributed by atoms with van der Waals surface area (Å²) < 4.78 is 5.89. The first-order valence-electron chi connectivity index (χ1n) is 12.8. The van der Waals surface area contributed by atoms with Crippen LogP contribution in [0, 0.1) is 24.0 Å². The van der Waals surface area contributed by atoms with Crippen molar-refractivity contribution in [2.75, 3.05) is 5.43 Å². The van der Waals surface area contributed by atoms with Crippen LogP contribution in [0.2, 0.25) is 0 Å². The molecule has 0 aliphatic heterocycles. The molecule has 5 rings (SSSR count). The molecule has 0 saturated carbocycles. The SMILES string of the molecule is C/C(=N/Nc1nc(-c2ccc(C)cc2C)c(-c2ccc([N+](=O)[O-])cc2)s1)c1ccc(OCc2ccccc2)cc1. The van der Waals surface area contributed by atoms with Gasteiger partial charge in [0.15, 0.2) is 0 Å². The average molecular weight is 549 g/mol. The van der Waals surface area contributed by atoms with Crippen LogP contribution in [-0.2, 0) is 6.61 Å². The zero-order chi connectivity index (χ0) is 28.1. The summed E-state index contributed by atoms with van der Waals surface area (Å²) in [4.78, 5) is 16.6. The Morgan fingerprint density at radius 2 is 1.70 bits per heavy atom. The molecule has 1 aromatic heterocycles. The van der Waals surface area contributed by atoms with Gasteiger partial charge in [-0.3, -0.25) is 15.5 Å². The monoisotopic (exact) mass is 548 g/mol. The fourth-order valence-electron chi connectivity index (χ4n) is 4.29. The summed E-state index contributed by atoms with van der Waals surface area (Å²) >= 11 is 1.46. The Morgan fingerprint density at radius 1 is 0.975 bits per heavy atom. The molecule has 5 aromatic rings. The number of ether oxygens (including phenoxy) is 1. The van der Waals surface area contributed by atoms with Gasteiger partial charge in [-0.2, -0.15) is 5.10 Å². The number of aromatic nitrogens is 1. The Labute approximate surface area is 237 Å². The molecule has 0 fully saturated rings. The molecule has 200 valence electrons. The van der Waals surface area contributed by atoms with E-state index in [-0.39, 0.29) is 5.69 Å². The van der Waals surface area contributed by atoms with Crippen molar-refractivity contribution in [3.63, 3.8) is 0 Å². The summed E-state index contributed by atoms with van der Waals surface area (Å²) in [7, 11) is 0. The van der Waals surface area contributed by atoms with Gasteiger partial charge in [-0.15, -0.1) is 0 Å². The summed E-state index contributed by atoms with van der Waals surface area (Å²) in [5, 5.41) is 16.4. The minimum Gasteiger partial charge on any atom is -0.489 e. The zero-order valence-corrected chi connectivity index (χ0v) is 23.2. The predicted molar refractivity (Wildman–Crippen MR) is 162 cm³/mol. The van der Waals surface area contributed by atoms with Crippen LogP contribution in [-0.4, -0.2) is 15.6 Å². The second-order valence-electron chi connectivity index (χ2n) is 9.43. The van der Waals surface area contributed by atoms with Gasteiger partial charge >= 0.3 is 0 Å². The molecule has 7 nitrogen and oxygen atoms in total. The molecule has 0 aliphatic rings. The second-order valence-corrected chi connectivity index (χ2v) is 10.4. The smallest absolute Gasteiger partial charge is 0.269 e. The molecule has 1 heterocycles. The van der Waals surface area contributed by atoms with Crippen LogP contribution in [0.15, 0.2) is 102 Å². The summed E-state index contributed by atoms with van der Waals surface area (Å²) in [6.07, 6.45) is 0. The van der Waals surface area contributed by atoms with Crippen molar-refractivity contribution in [3.05, 3.63) is 129 Å². The van der Waals surface area contributed by atoms with Crippen LogP contribution < -0.4 is 10.2 Å². The van der Waals surface area contributed by atoms with Gasteiger partial charge in [-0.25, -0.2) is 4.98 Å². The average Bonchev–Trinajstić information content (AvgIpc) is 3.39. The molecule has 0 spiro atoms. The van der Waals surface area contributed by atoms with Crippen LogP contribution in [0.25, 0.3) is 21.7 Å². The van der Waals surface area contributed by atoms with Gasteiger partial charge in [0, 0.05) is 17.7 Å². The van der Waals surface area contributed by atoms with Crippen LogP contribution in [0.4, 0.5) is 10.8 Å². The largest absolute Gasteiger partial charge is 0.489 e. The Bertz CT molecular complexity index is 1660. The highest BCUT2D eigenvalue weighted by molar-refractivity contribution is 7.19. The van der Waals surface area contributed by atoms with Crippen molar-refractivity contribution in [3.8, 4) is 27.4 Å². The van der Waals surface area contributed by atoms with Crippen molar-refractivity contribution < 1.29 is 9.66 Å². The molecule has 40 heavy (non-hydrogen) atoms. The lowest BCUT2D eigenvalue weighted by Crippen LogP contribution is -2.00. The molecule has 0 atom stereocenters. The molecule has 0 bridgehead atoms. The highest BCUT2D eigenvalue weighted by atomic mass is 32.1. The van der Waals surface area contributed by atoms with E-state index in [0.29, 0.717) is 11.7 Å². The maximum Gasteiger partial charge on any atom is 0.269 e. The Morgan fingerprint density at radius 3 is 2.38 bits per heavy atom. The van der Waals surface area contributed by atoms with Crippen molar-refractivity contribution in [2.24, 2.45) is 5.10 Å². The molecule has 8 heteroatoms. The number of hydrogen-bond acceptors (Lipinski definition) is 7. The van der Waals surface area contributed by atoms with Crippen molar-refractivity contribution in [1.82, 2.24) is 4.98 Å². The third-order valence-electron chi connectivity index (χ3n) is 6.44. The van der Waals surface area contributed by atoms with E-state index in [4.69, 9.17) is 9.72 Å². The van der Waals surface area contributed by atoms with E-state index in [2.05, 4.69) is 42.6 Å². The lowest BCUT2D eigenvalue weighted by atomic mass is 10.0. The van der Waals surface area contributed by atoms with E-state index in [0.717, 1.165) is 49.8 Å². The van der Waals surface area contributed by atoms with E-state index >= 15 is 0 Å². The highest BCUT2D eigenvalue weighted by Gasteiger charge is 2.18. The van der Waals surface area contributed by atoms with Gasteiger partial charge in [-0.1, -0.05) is 65.4 Å². The number of non-ortho nitro benzene ring substituents is 1. The van der Waals surface area contributed by atoms with Gasteiger partial charge in [-0.05, 0) is 79.4 Å². The van der Waals surface area contributed by atoms with Crippen molar-refractivity contribution in [2.45, 2.75) is 27.4 Å². The van der Waals surface area contributed by atoms with E-state index < -0.39 is 4.92 Å². The zero-order valence-electron chi connectivity index (χ0n) is 22.4. The standard InChI is InChI=1S/C32H28N4O3S/c1-21-9-18-29(22(2)19-21)30-31(26-10-14-27(15-11-26)36(37)38)40-32(33-30)35-34-23(3)25-12-16-28(17-13-25)39-20-24-7-5-4-6-8-24/h4-19H,20H2,1-3H3,(H,33,35)/b34-23-. The van der Waals surface area contributed by atoms with E-state index in [9.17, 15) is 10.1 Å². The summed E-state index contributed by atoms with van der Waals surface area (Å²) in [5.41, 5.74) is 11.0. The fourth-order valence-corrected chi connectivity index (χ4v) is 5.22. The summed E-state index contributed by atoms with van der Waals surface area (Å²) in [5.74, 6) is 0.791. The molecule has 4 aromatic carbocycles. The minimum absolute atomic E-state index is 0.0522. The number of rotatable bonds is 9. The summed E-state index contributed by atoms with van der Waals surface area (Å²) in [6, 6.07) is 30.7. The number of hydrazone groups is 1. The first kappa shape index (κ1) is 26.8. The Hall–Kier alpha value is -4.82. The Kier molecular flexibility index (Phi) is 7.98. The molecule has 0 radical (unpaired) electrons. The maximum absolute atomic E-state index is 11.2. The van der Waals surface area contributed by atoms with Crippen LogP contribution in [0.5, 0.6) is 5.75 Å². The van der Waals surface area contributed by atoms with Crippen molar-refractivity contribution in [1.29, 1.82) is 0 Å². The normalized spacial score (nSPS) is 11.3. The first-order valence-corrected chi connectivity index (χ1v) is 13.6. The lowest BCUT2D eigenvalue weighted by molar-refractivity contribution is -0.384. The number of anilines is 1. The van der Waals surface area contributed by atoms with Gasteiger partial charge in [0.25, 0.3) is 5.69 Å². The van der Waals surface area contributed by atoms with Crippen molar-refractivity contribution >= 4 is 27.9 Å². The molecule has 1 N–H and O–H groups in total. The number of hydrogen-bond donors (Lipinski definition) is 1. The molecule has 0 amide bonds. The number of nitrogens with zero attached hydrogens (tertiary/aromatic N) is 3. The van der Waals surface area contributed by atoms with E-state index in [1.165, 1.54) is 29.0 Å². The first-order chi connectivity index (χ1) is 19.4. The number of aryl methyl sites for hydroxylation is 2. The van der Waals surface area contributed by atoms with Crippen LogP contribution in [0.3, 0.4) is 0 Å². The van der Waals surface area contributed by atoms with Gasteiger partial charge in [0.05, 0.1) is 21.2 Å². The second kappa shape index (κ2) is 11.9. The predicted octanol–water partition coefficient (Wildman–Crippen LogP) is 8.42. The third-order valence-corrected chi connectivity index (χ3v) is 7.45. The van der Waals surface area contributed by atoms with Crippen LogP contribution >= 0.6 is 11.3 Å². The minimum atomic E-state index is -0.395. The maximum atomic E-state index is 11.2. The Balaban J connectivity index is 1.37. The van der Waals surface area contributed by atoms with Gasteiger partial charge in [0.1, 0.15) is 12.4 Å². The summed E-state index contributed by atoms with van der Waals surface area (Å²) in [6.45, 7) is 6.56. The number of benzene rings is 4. The quantitative estimate of drug-likeness (QED) is 0.113. The van der Waals surface area contributed by atoms with Gasteiger partial charge < -0.3 is 4.74 Å². The molecule has 0 unspecified atom stereocenters. The highest BCUT2D eigenvalue weighted by Crippen LogP contribution is 2.40. The lowest BCUT2D eigenvalue weighted by Gasteiger charge is -2.07.